The van der Waals surface area contributed by atoms with E-state index >= 15 is 0 Å². The van der Waals surface area contributed by atoms with E-state index < -0.39 is 18.2 Å². The molecule has 0 aliphatic carbocycles. The van der Waals surface area contributed by atoms with Crippen LogP contribution in [0.25, 0.3) is 0 Å². The van der Waals surface area contributed by atoms with Crippen LogP contribution >= 0.6 is 0 Å². The van der Waals surface area contributed by atoms with Crippen LogP contribution < -0.4 is 10.6 Å². The molecule has 0 aliphatic rings. The van der Waals surface area contributed by atoms with E-state index in [0.29, 0.717) is 6.54 Å². The Bertz CT molecular complexity index is 242. The van der Waals surface area contributed by atoms with Crippen LogP contribution in [0.4, 0.5) is 13.2 Å². The number of rotatable bonds is 7. The first kappa shape index (κ1) is 16.2. The Balaban J connectivity index is 3.62. The van der Waals surface area contributed by atoms with Crippen molar-refractivity contribution in [2.75, 3.05) is 33.4 Å². The minimum atomic E-state index is -4.29. The van der Waals surface area contributed by atoms with E-state index in [-0.39, 0.29) is 19.1 Å². The molecule has 0 radical (unpaired) electrons. The van der Waals surface area contributed by atoms with Gasteiger partial charge in [0.15, 0.2) is 0 Å². The molecule has 4 nitrogen and oxygen atoms in total. The molecule has 0 rings (SSSR count). The first-order chi connectivity index (χ1) is 7.69. The molecule has 0 saturated carbocycles. The molecule has 0 spiro atoms. The van der Waals surface area contributed by atoms with Crippen LogP contribution in [0.5, 0.6) is 0 Å². The van der Waals surface area contributed by atoms with Gasteiger partial charge in [0.05, 0.1) is 12.0 Å². The molecule has 0 saturated heterocycles. The minimum absolute atomic E-state index is 0.0384. The van der Waals surface area contributed by atoms with Crippen molar-refractivity contribution in [3.05, 3.63) is 0 Å². The van der Waals surface area contributed by atoms with Gasteiger partial charge in [-0.3, -0.25) is 4.79 Å². The third-order valence-corrected chi connectivity index (χ3v) is 2.10. The molecule has 0 aliphatic heterocycles. The summed E-state index contributed by atoms with van der Waals surface area (Å²) in [5, 5.41) is 5.39. The molecule has 0 fully saturated rings. The maximum absolute atomic E-state index is 11.7. The van der Waals surface area contributed by atoms with Crippen LogP contribution in [0.3, 0.4) is 0 Å². The normalized spacial score (nSPS) is 12.6. The van der Waals surface area contributed by atoms with Gasteiger partial charge in [0.2, 0.25) is 5.91 Å². The molecule has 0 heterocycles. The average molecular weight is 256 g/mol. The first-order valence-electron chi connectivity index (χ1n) is 5.26. The van der Waals surface area contributed by atoms with Crippen molar-refractivity contribution in [2.24, 2.45) is 5.41 Å². The van der Waals surface area contributed by atoms with Crippen LogP contribution in [-0.2, 0) is 9.53 Å². The van der Waals surface area contributed by atoms with Crippen molar-refractivity contribution in [1.29, 1.82) is 0 Å². The van der Waals surface area contributed by atoms with E-state index in [2.05, 4.69) is 15.4 Å². The molecular formula is C10H19F3N2O2. The van der Waals surface area contributed by atoms with Crippen molar-refractivity contribution >= 4 is 5.91 Å². The van der Waals surface area contributed by atoms with Crippen LogP contribution in [0.1, 0.15) is 13.8 Å². The lowest BCUT2D eigenvalue weighted by Crippen LogP contribution is -2.42. The van der Waals surface area contributed by atoms with Crippen molar-refractivity contribution in [2.45, 2.75) is 20.0 Å². The Morgan fingerprint density at radius 1 is 1.29 bits per heavy atom. The van der Waals surface area contributed by atoms with Crippen molar-refractivity contribution in [3.63, 3.8) is 0 Å². The number of carbonyl (C=O) groups is 1. The van der Waals surface area contributed by atoms with Gasteiger partial charge in [-0.2, -0.15) is 13.2 Å². The van der Waals surface area contributed by atoms with Crippen LogP contribution in [0.2, 0.25) is 0 Å². The second-order valence-electron chi connectivity index (χ2n) is 4.31. The highest BCUT2D eigenvalue weighted by Gasteiger charge is 2.27. The molecule has 1 amide bonds. The third-order valence-electron chi connectivity index (χ3n) is 2.10. The Morgan fingerprint density at radius 3 is 2.35 bits per heavy atom. The molecule has 0 unspecified atom stereocenters. The summed E-state index contributed by atoms with van der Waals surface area (Å²) in [6.45, 7) is 2.86. The highest BCUT2D eigenvalue weighted by Crippen LogP contribution is 2.14. The van der Waals surface area contributed by atoms with E-state index in [9.17, 15) is 18.0 Å². The largest absolute Gasteiger partial charge is 0.411 e. The highest BCUT2D eigenvalue weighted by atomic mass is 19.4. The standard InChI is InChI=1S/C10H19F3N2O2/c1-9(2,8(16)14-3)6-15-4-5-17-7-10(11,12)13/h15H,4-7H2,1-3H3,(H,14,16). The number of nitrogens with one attached hydrogen (secondary N) is 2. The SMILES string of the molecule is CNC(=O)C(C)(C)CNCCOCC(F)(F)F. The molecule has 17 heavy (non-hydrogen) atoms. The van der Waals surface area contributed by atoms with Gasteiger partial charge in [-0.25, -0.2) is 0 Å². The summed E-state index contributed by atoms with van der Waals surface area (Å²) in [6.07, 6.45) is -4.29. The maximum Gasteiger partial charge on any atom is 0.411 e. The van der Waals surface area contributed by atoms with Gasteiger partial charge in [-0.1, -0.05) is 0 Å². The van der Waals surface area contributed by atoms with Gasteiger partial charge >= 0.3 is 6.18 Å². The van der Waals surface area contributed by atoms with E-state index in [4.69, 9.17) is 0 Å². The summed E-state index contributed by atoms with van der Waals surface area (Å²) < 4.78 is 39.5. The number of hydrogen-bond acceptors (Lipinski definition) is 3. The third kappa shape index (κ3) is 7.98. The summed E-state index contributed by atoms with van der Waals surface area (Å²) in [5.74, 6) is -0.124. The predicted molar refractivity (Wildman–Crippen MR) is 57.6 cm³/mol. The lowest BCUT2D eigenvalue weighted by Gasteiger charge is -2.22. The number of alkyl halides is 3. The molecule has 2 N–H and O–H groups in total. The molecule has 102 valence electrons. The Kier molecular flexibility index (Phi) is 6.48. The quantitative estimate of drug-likeness (QED) is 0.666. The van der Waals surface area contributed by atoms with Crippen LogP contribution in [0, 0.1) is 5.41 Å². The van der Waals surface area contributed by atoms with Gasteiger partial charge in [-0.05, 0) is 13.8 Å². The predicted octanol–water partition coefficient (Wildman–Crippen LogP) is 0.927. The Labute approximate surface area is 98.9 Å². The first-order valence-corrected chi connectivity index (χ1v) is 5.26. The Morgan fingerprint density at radius 2 is 1.88 bits per heavy atom. The van der Waals surface area contributed by atoms with E-state index in [1.54, 1.807) is 13.8 Å². The fourth-order valence-corrected chi connectivity index (χ4v) is 1.15. The topological polar surface area (TPSA) is 50.4 Å². The number of amides is 1. The molecule has 0 aromatic carbocycles. The zero-order valence-electron chi connectivity index (χ0n) is 10.3. The van der Waals surface area contributed by atoms with Gasteiger partial charge in [0, 0.05) is 20.1 Å². The van der Waals surface area contributed by atoms with Gasteiger partial charge in [-0.15, -0.1) is 0 Å². The smallest absolute Gasteiger partial charge is 0.371 e. The molecule has 0 aromatic rings. The molecule has 0 atom stereocenters. The maximum atomic E-state index is 11.7. The monoisotopic (exact) mass is 256 g/mol. The zero-order chi connectivity index (χ0) is 13.5. The number of halogens is 3. The molecule has 0 aromatic heterocycles. The molecule has 7 heteroatoms. The number of ether oxygens (including phenoxy) is 1. The lowest BCUT2D eigenvalue weighted by atomic mass is 9.92. The van der Waals surface area contributed by atoms with Gasteiger partial charge in [0.25, 0.3) is 0 Å². The average Bonchev–Trinajstić information content (AvgIpc) is 2.20. The fraction of sp³-hybridized carbons (Fsp3) is 0.900. The Hall–Kier alpha value is -0.820. The van der Waals surface area contributed by atoms with Gasteiger partial charge < -0.3 is 15.4 Å². The molecule has 0 bridgehead atoms. The van der Waals surface area contributed by atoms with E-state index in [1.165, 1.54) is 7.05 Å². The second kappa shape index (κ2) is 6.80. The summed E-state index contributed by atoms with van der Waals surface area (Å²) in [4.78, 5) is 11.4. The van der Waals surface area contributed by atoms with Crippen LogP contribution in [0.15, 0.2) is 0 Å². The lowest BCUT2D eigenvalue weighted by molar-refractivity contribution is -0.173. The summed E-state index contributed by atoms with van der Waals surface area (Å²) in [6, 6.07) is 0. The summed E-state index contributed by atoms with van der Waals surface area (Å²) in [5.41, 5.74) is -0.598. The number of hydrogen-bond donors (Lipinski definition) is 2. The van der Waals surface area contributed by atoms with Crippen molar-refractivity contribution in [3.8, 4) is 0 Å². The summed E-state index contributed by atoms with van der Waals surface area (Å²) >= 11 is 0. The van der Waals surface area contributed by atoms with E-state index in [1.807, 2.05) is 0 Å². The highest BCUT2D eigenvalue weighted by molar-refractivity contribution is 5.81. The van der Waals surface area contributed by atoms with Gasteiger partial charge in [0.1, 0.15) is 6.61 Å². The zero-order valence-corrected chi connectivity index (χ0v) is 10.3. The second-order valence-corrected chi connectivity index (χ2v) is 4.31. The fourth-order valence-electron chi connectivity index (χ4n) is 1.15. The van der Waals surface area contributed by atoms with E-state index in [0.717, 1.165) is 0 Å². The van der Waals surface area contributed by atoms with Crippen molar-refractivity contribution in [1.82, 2.24) is 10.6 Å². The number of carbonyl (C=O) groups excluding carboxylic acids is 1. The van der Waals surface area contributed by atoms with Crippen LogP contribution in [-0.4, -0.2) is 45.4 Å². The molecular weight excluding hydrogens is 237 g/mol. The summed E-state index contributed by atoms with van der Waals surface area (Å²) in [7, 11) is 1.54. The minimum Gasteiger partial charge on any atom is -0.371 e. The van der Waals surface area contributed by atoms with Crippen molar-refractivity contribution < 1.29 is 22.7 Å².